The molecule has 3 nitrogen and oxygen atoms in total. The van der Waals surface area contributed by atoms with E-state index in [-0.39, 0.29) is 31.0 Å². The topological polar surface area (TPSA) is 55.5 Å². The first-order chi connectivity index (χ1) is 11.7. The fourth-order valence-electron chi connectivity index (χ4n) is 3.09. The number of hydrogen-bond donors (Lipinski definition) is 2. The van der Waals surface area contributed by atoms with Crippen LogP contribution in [0.4, 0.5) is 0 Å². The summed E-state index contributed by atoms with van der Waals surface area (Å²) in [6.07, 6.45) is 10.6. The van der Waals surface area contributed by atoms with Crippen molar-refractivity contribution in [1.29, 1.82) is 0 Å². The van der Waals surface area contributed by atoms with Crippen LogP contribution >= 0.6 is 12.4 Å². The number of nitrogens with two attached hydrogens (primary N) is 1. The molecule has 0 saturated heterocycles. The van der Waals surface area contributed by atoms with Crippen molar-refractivity contribution in [3.05, 3.63) is 29.8 Å². The fraction of sp³-hybridized carbons (Fsp3) is 0.714. The van der Waals surface area contributed by atoms with Gasteiger partial charge in [-0.3, -0.25) is 0 Å². The van der Waals surface area contributed by atoms with Crippen LogP contribution in [-0.4, -0.2) is 18.3 Å². The van der Waals surface area contributed by atoms with E-state index in [1.807, 2.05) is 12.1 Å². The third-order valence-electron chi connectivity index (χ3n) is 4.60. The van der Waals surface area contributed by atoms with Crippen LogP contribution in [0.15, 0.2) is 24.3 Å². The summed E-state index contributed by atoms with van der Waals surface area (Å²) in [6, 6.07) is 8.10. The molecule has 0 heterocycles. The Hall–Kier alpha value is -0.770. The third-order valence-corrected chi connectivity index (χ3v) is 4.60. The number of aliphatic hydroxyl groups is 1. The van der Waals surface area contributed by atoms with Crippen LogP contribution in [-0.2, 0) is 0 Å². The molecule has 1 aromatic carbocycles. The number of unbranched alkanes of at least 4 members (excludes halogenated alkanes) is 5. The third kappa shape index (κ3) is 10.7. The molecule has 0 fully saturated rings. The molecule has 1 aromatic rings. The summed E-state index contributed by atoms with van der Waals surface area (Å²) in [4.78, 5) is 0. The van der Waals surface area contributed by atoms with Crippen molar-refractivity contribution in [3.63, 3.8) is 0 Å². The Labute approximate surface area is 160 Å². The largest absolute Gasteiger partial charge is 0.494 e. The summed E-state index contributed by atoms with van der Waals surface area (Å²) in [7, 11) is 0. The molecule has 1 rings (SSSR count). The Morgan fingerprint density at radius 3 is 2.44 bits per heavy atom. The van der Waals surface area contributed by atoms with E-state index in [2.05, 4.69) is 26.0 Å². The van der Waals surface area contributed by atoms with Gasteiger partial charge in [-0.1, -0.05) is 64.5 Å². The van der Waals surface area contributed by atoms with E-state index in [4.69, 9.17) is 10.5 Å². The Morgan fingerprint density at radius 2 is 1.76 bits per heavy atom. The maximum atomic E-state index is 9.45. The molecule has 0 amide bonds. The maximum absolute atomic E-state index is 9.45. The first kappa shape index (κ1) is 24.2. The van der Waals surface area contributed by atoms with Gasteiger partial charge >= 0.3 is 0 Å². The SMILES string of the molecule is CCCCCCCCOc1cccc(C(N)CC(CO)CCC)c1.Cl. The lowest BCUT2D eigenvalue weighted by Gasteiger charge is -2.19. The monoisotopic (exact) mass is 371 g/mol. The Bertz CT molecular complexity index is 428. The van der Waals surface area contributed by atoms with E-state index >= 15 is 0 Å². The number of hydrogen-bond acceptors (Lipinski definition) is 3. The molecule has 0 aliphatic rings. The minimum absolute atomic E-state index is 0. The van der Waals surface area contributed by atoms with Crippen molar-refractivity contribution >= 4 is 12.4 Å². The highest BCUT2D eigenvalue weighted by molar-refractivity contribution is 5.85. The Kier molecular flexibility index (Phi) is 15.0. The standard InChI is InChI=1S/C21H37NO2.ClH/c1-3-5-6-7-8-9-14-24-20-13-10-12-19(16-20)21(22)15-18(17-23)11-4-2;/h10,12-13,16,18,21,23H,3-9,11,14-15,17,22H2,1-2H3;1H. The van der Waals surface area contributed by atoms with Crippen LogP contribution in [0.3, 0.4) is 0 Å². The first-order valence-electron chi connectivity index (χ1n) is 9.80. The summed E-state index contributed by atoms with van der Waals surface area (Å²) in [5.74, 6) is 1.20. The smallest absolute Gasteiger partial charge is 0.119 e. The van der Waals surface area contributed by atoms with Crippen LogP contribution in [0.25, 0.3) is 0 Å². The highest BCUT2D eigenvalue weighted by atomic mass is 35.5. The number of halogens is 1. The normalized spacial score (nSPS) is 13.1. The quantitative estimate of drug-likeness (QED) is 0.415. The van der Waals surface area contributed by atoms with Crippen LogP contribution in [0.2, 0.25) is 0 Å². The van der Waals surface area contributed by atoms with Crippen molar-refractivity contribution in [1.82, 2.24) is 0 Å². The molecule has 3 N–H and O–H groups in total. The molecule has 0 saturated carbocycles. The molecule has 0 aliphatic carbocycles. The van der Waals surface area contributed by atoms with Gasteiger partial charge in [0.2, 0.25) is 0 Å². The number of ether oxygens (including phenoxy) is 1. The fourth-order valence-corrected chi connectivity index (χ4v) is 3.09. The van der Waals surface area contributed by atoms with Crippen LogP contribution in [0.1, 0.15) is 83.2 Å². The molecular formula is C21H38ClNO2. The lowest BCUT2D eigenvalue weighted by molar-refractivity contribution is 0.202. The van der Waals surface area contributed by atoms with Crippen molar-refractivity contribution < 1.29 is 9.84 Å². The molecule has 25 heavy (non-hydrogen) atoms. The van der Waals surface area contributed by atoms with E-state index in [1.54, 1.807) is 0 Å². The van der Waals surface area contributed by atoms with Crippen molar-refractivity contribution in [2.24, 2.45) is 11.7 Å². The molecular weight excluding hydrogens is 334 g/mol. The predicted molar refractivity (Wildman–Crippen MR) is 110 cm³/mol. The average molecular weight is 372 g/mol. The lowest BCUT2D eigenvalue weighted by atomic mass is 9.92. The Balaban J connectivity index is 0.00000576. The van der Waals surface area contributed by atoms with Crippen LogP contribution < -0.4 is 10.5 Å². The predicted octanol–water partition coefficient (Wildman–Crippen LogP) is 5.65. The van der Waals surface area contributed by atoms with Gasteiger partial charge in [0.1, 0.15) is 5.75 Å². The second-order valence-electron chi connectivity index (χ2n) is 6.87. The van der Waals surface area contributed by atoms with E-state index in [9.17, 15) is 5.11 Å². The molecule has 0 spiro atoms. The summed E-state index contributed by atoms with van der Waals surface area (Å²) >= 11 is 0. The molecule has 0 aromatic heterocycles. The minimum atomic E-state index is -0.0358. The zero-order chi connectivity index (χ0) is 17.6. The van der Waals surface area contributed by atoms with Gasteiger partial charge in [0.05, 0.1) is 6.61 Å². The number of rotatable bonds is 14. The molecule has 0 aliphatic heterocycles. The van der Waals surface area contributed by atoms with Crippen molar-refractivity contribution in [2.75, 3.05) is 13.2 Å². The van der Waals surface area contributed by atoms with E-state index in [0.29, 0.717) is 0 Å². The zero-order valence-corrected chi connectivity index (χ0v) is 16.9. The van der Waals surface area contributed by atoms with Gasteiger partial charge in [-0.15, -0.1) is 12.4 Å². The van der Waals surface area contributed by atoms with Gasteiger partial charge in [0.15, 0.2) is 0 Å². The molecule has 2 atom stereocenters. The van der Waals surface area contributed by atoms with E-state index in [1.165, 1.54) is 32.1 Å². The van der Waals surface area contributed by atoms with Gasteiger partial charge in [-0.2, -0.15) is 0 Å². The average Bonchev–Trinajstić information content (AvgIpc) is 2.60. The van der Waals surface area contributed by atoms with E-state index < -0.39 is 0 Å². The number of benzene rings is 1. The van der Waals surface area contributed by atoms with Crippen LogP contribution in [0.5, 0.6) is 5.75 Å². The van der Waals surface area contributed by atoms with Gasteiger partial charge in [0.25, 0.3) is 0 Å². The van der Waals surface area contributed by atoms with Gasteiger partial charge in [0, 0.05) is 12.6 Å². The molecule has 0 radical (unpaired) electrons. The highest BCUT2D eigenvalue weighted by Crippen LogP contribution is 2.25. The van der Waals surface area contributed by atoms with Gasteiger partial charge in [-0.25, -0.2) is 0 Å². The highest BCUT2D eigenvalue weighted by Gasteiger charge is 2.14. The molecule has 2 unspecified atom stereocenters. The first-order valence-corrected chi connectivity index (χ1v) is 9.80. The summed E-state index contributed by atoms with van der Waals surface area (Å²) in [6.45, 7) is 5.38. The zero-order valence-electron chi connectivity index (χ0n) is 16.1. The van der Waals surface area contributed by atoms with Gasteiger partial charge in [-0.05, 0) is 42.9 Å². The van der Waals surface area contributed by atoms with Crippen LogP contribution in [0, 0.1) is 5.92 Å². The van der Waals surface area contributed by atoms with Gasteiger partial charge < -0.3 is 15.6 Å². The Morgan fingerprint density at radius 1 is 1.04 bits per heavy atom. The molecule has 4 heteroatoms. The van der Waals surface area contributed by atoms with E-state index in [0.717, 1.165) is 43.6 Å². The summed E-state index contributed by atoms with van der Waals surface area (Å²) in [5.41, 5.74) is 7.43. The second kappa shape index (κ2) is 15.5. The minimum Gasteiger partial charge on any atom is -0.494 e. The maximum Gasteiger partial charge on any atom is 0.119 e. The number of aliphatic hydroxyl groups excluding tert-OH is 1. The summed E-state index contributed by atoms with van der Waals surface area (Å²) < 4.78 is 5.88. The summed E-state index contributed by atoms with van der Waals surface area (Å²) in [5, 5.41) is 9.45. The second-order valence-corrected chi connectivity index (χ2v) is 6.87. The lowest BCUT2D eigenvalue weighted by Crippen LogP contribution is -2.18. The molecule has 0 bridgehead atoms. The van der Waals surface area contributed by atoms with Crippen molar-refractivity contribution in [2.45, 2.75) is 77.7 Å². The van der Waals surface area contributed by atoms with Crippen molar-refractivity contribution in [3.8, 4) is 5.75 Å². The molecule has 146 valence electrons.